The SMILES string of the molecule is Nc1[nH]c(=O)ncc1C(=O)C1C2CC3CC(C2)CC1C3. The number of rotatable bonds is 2. The molecule has 0 radical (unpaired) electrons. The number of aromatic amines is 1. The predicted octanol–water partition coefficient (Wildman–Crippen LogP) is 1.61. The Labute approximate surface area is 117 Å². The van der Waals surface area contributed by atoms with Gasteiger partial charge in [-0.15, -0.1) is 0 Å². The third kappa shape index (κ3) is 1.72. The van der Waals surface area contributed by atoms with Crippen molar-refractivity contribution in [2.24, 2.45) is 29.6 Å². The number of nitrogens with zero attached hydrogens (tertiary/aromatic N) is 1. The average molecular weight is 273 g/mol. The summed E-state index contributed by atoms with van der Waals surface area (Å²) in [5.74, 6) is 3.08. The topological polar surface area (TPSA) is 88.8 Å². The quantitative estimate of drug-likeness (QED) is 0.801. The van der Waals surface area contributed by atoms with Crippen molar-refractivity contribution in [3.05, 3.63) is 22.2 Å². The first kappa shape index (κ1) is 12.1. The smallest absolute Gasteiger partial charge is 0.346 e. The number of Topliss-reactive ketones (excluding diaryl/α,β-unsaturated/α-hetero) is 1. The lowest BCUT2D eigenvalue weighted by Crippen LogP contribution is -2.48. The molecule has 0 saturated heterocycles. The Morgan fingerprint density at radius 3 is 2.30 bits per heavy atom. The molecule has 5 heteroatoms. The number of aromatic nitrogens is 2. The molecule has 0 aromatic carbocycles. The van der Waals surface area contributed by atoms with Gasteiger partial charge in [-0.2, -0.15) is 0 Å². The van der Waals surface area contributed by atoms with Gasteiger partial charge in [-0.05, 0) is 55.8 Å². The van der Waals surface area contributed by atoms with Gasteiger partial charge in [0.05, 0.1) is 5.56 Å². The van der Waals surface area contributed by atoms with Crippen molar-refractivity contribution < 1.29 is 4.79 Å². The third-order valence-electron chi connectivity index (χ3n) is 5.64. The molecular weight excluding hydrogens is 254 g/mol. The summed E-state index contributed by atoms with van der Waals surface area (Å²) >= 11 is 0. The molecule has 4 bridgehead atoms. The molecule has 4 aliphatic rings. The summed E-state index contributed by atoms with van der Waals surface area (Å²) in [6.07, 6.45) is 7.50. The van der Waals surface area contributed by atoms with E-state index in [2.05, 4.69) is 9.97 Å². The highest BCUT2D eigenvalue weighted by molar-refractivity contribution is 6.01. The van der Waals surface area contributed by atoms with Crippen LogP contribution in [0.5, 0.6) is 0 Å². The van der Waals surface area contributed by atoms with Crippen molar-refractivity contribution in [1.29, 1.82) is 0 Å². The van der Waals surface area contributed by atoms with Gasteiger partial charge < -0.3 is 5.73 Å². The number of hydrogen-bond donors (Lipinski definition) is 2. The second kappa shape index (κ2) is 4.17. The molecule has 1 heterocycles. The maximum Gasteiger partial charge on any atom is 0.346 e. The monoisotopic (exact) mass is 273 g/mol. The first-order valence-electron chi connectivity index (χ1n) is 7.51. The van der Waals surface area contributed by atoms with Crippen LogP contribution < -0.4 is 11.4 Å². The van der Waals surface area contributed by atoms with E-state index in [1.54, 1.807) is 0 Å². The number of anilines is 1. The third-order valence-corrected chi connectivity index (χ3v) is 5.64. The van der Waals surface area contributed by atoms with Crippen LogP contribution in [0.4, 0.5) is 5.82 Å². The van der Waals surface area contributed by atoms with Crippen LogP contribution >= 0.6 is 0 Å². The van der Waals surface area contributed by atoms with Gasteiger partial charge in [-0.1, -0.05) is 0 Å². The van der Waals surface area contributed by atoms with Gasteiger partial charge >= 0.3 is 5.69 Å². The Kier molecular flexibility index (Phi) is 2.53. The zero-order valence-electron chi connectivity index (χ0n) is 11.3. The van der Waals surface area contributed by atoms with E-state index in [9.17, 15) is 9.59 Å². The van der Waals surface area contributed by atoms with E-state index in [1.807, 2.05) is 0 Å². The zero-order valence-corrected chi connectivity index (χ0v) is 11.3. The average Bonchev–Trinajstić information content (AvgIpc) is 2.37. The molecule has 20 heavy (non-hydrogen) atoms. The molecule has 0 amide bonds. The fourth-order valence-electron chi connectivity index (χ4n) is 5.14. The molecule has 5 nitrogen and oxygen atoms in total. The summed E-state index contributed by atoms with van der Waals surface area (Å²) in [6.45, 7) is 0. The molecule has 106 valence electrons. The number of hydrogen-bond acceptors (Lipinski definition) is 4. The molecule has 1 aromatic rings. The molecule has 0 aliphatic heterocycles. The molecule has 4 saturated carbocycles. The standard InChI is InChI=1S/C15H19N3O2/c16-14-11(6-17-15(20)18-14)13(19)12-9-2-7-1-8(4-9)5-10(12)3-7/h6-10,12H,1-5H2,(H3,16,17,18,20). The van der Waals surface area contributed by atoms with Gasteiger partial charge in [0.2, 0.25) is 0 Å². The van der Waals surface area contributed by atoms with E-state index in [1.165, 1.54) is 38.3 Å². The highest BCUT2D eigenvalue weighted by atomic mass is 16.1. The van der Waals surface area contributed by atoms with E-state index in [-0.39, 0.29) is 17.5 Å². The summed E-state index contributed by atoms with van der Waals surface area (Å²) in [5.41, 5.74) is 5.71. The Morgan fingerprint density at radius 2 is 1.75 bits per heavy atom. The van der Waals surface area contributed by atoms with Gasteiger partial charge in [0.15, 0.2) is 5.78 Å². The van der Waals surface area contributed by atoms with Crippen molar-refractivity contribution in [2.75, 3.05) is 5.73 Å². The summed E-state index contributed by atoms with van der Waals surface area (Å²) in [7, 11) is 0. The van der Waals surface area contributed by atoms with Crippen molar-refractivity contribution in [3.8, 4) is 0 Å². The normalized spacial score (nSPS) is 38.1. The van der Waals surface area contributed by atoms with E-state index >= 15 is 0 Å². The van der Waals surface area contributed by atoms with Crippen LogP contribution in [0.1, 0.15) is 42.5 Å². The Hall–Kier alpha value is -1.65. The van der Waals surface area contributed by atoms with Crippen LogP contribution in [0.15, 0.2) is 11.0 Å². The highest BCUT2D eigenvalue weighted by Gasteiger charge is 2.50. The largest absolute Gasteiger partial charge is 0.384 e. The van der Waals surface area contributed by atoms with Crippen LogP contribution in [-0.2, 0) is 0 Å². The number of nitrogens with two attached hydrogens (primary N) is 1. The second-order valence-electron chi connectivity index (χ2n) is 6.84. The Morgan fingerprint density at radius 1 is 1.15 bits per heavy atom. The number of ketones is 1. The first-order chi connectivity index (χ1) is 9.61. The van der Waals surface area contributed by atoms with Crippen molar-refractivity contribution in [3.63, 3.8) is 0 Å². The summed E-state index contributed by atoms with van der Waals surface area (Å²) in [6, 6.07) is 0. The lowest BCUT2D eigenvalue weighted by Gasteiger charge is -2.53. The molecule has 0 spiro atoms. The number of H-pyrrole nitrogens is 1. The lowest BCUT2D eigenvalue weighted by atomic mass is 9.51. The Bertz CT molecular complexity index is 594. The molecule has 1 aromatic heterocycles. The number of nitrogens with one attached hydrogen (secondary N) is 1. The van der Waals surface area contributed by atoms with Gasteiger partial charge in [-0.3, -0.25) is 9.78 Å². The first-order valence-corrected chi connectivity index (χ1v) is 7.51. The fourth-order valence-corrected chi connectivity index (χ4v) is 5.14. The maximum atomic E-state index is 12.8. The lowest BCUT2D eigenvalue weighted by molar-refractivity contribution is -0.0251. The predicted molar refractivity (Wildman–Crippen MR) is 74.1 cm³/mol. The molecule has 4 fully saturated rings. The van der Waals surface area contributed by atoms with Gasteiger partial charge in [-0.25, -0.2) is 9.78 Å². The number of nitrogen functional groups attached to an aromatic ring is 1. The zero-order chi connectivity index (χ0) is 13.9. The number of carbonyl (C=O) groups excluding carboxylic acids is 1. The van der Waals surface area contributed by atoms with Crippen molar-refractivity contribution in [1.82, 2.24) is 9.97 Å². The summed E-state index contributed by atoms with van der Waals surface area (Å²) < 4.78 is 0. The van der Waals surface area contributed by atoms with Crippen molar-refractivity contribution in [2.45, 2.75) is 32.1 Å². The van der Waals surface area contributed by atoms with Crippen LogP contribution in [0, 0.1) is 29.6 Å². The minimum Gasteiger partial charge on any atom is -0.384 e. The van der Waals surface area contributed by atoms with Crippen LogP contribution in [0.2, 0.25) is 0 Å². The van der Waals surface area contributed by atoms with Crippen LogP contribution in [0.25, 0.3) is 0 Å². The summed E-state index contributed by atoms with van der Waals surface area (Å²) in [5, 5.41) is 0. The second-order valence-corrected chi connectivity index (χ2v) is 6.84. The maximum absolute atomic E-state index is 12.8. The van der Waals surface area contributed by atoms with Crippen LogP contribution in [-0.4, -0.2) is 15.8 Å². The highest BCUT2D eigenvalue weighted by Crippen LogP contribution is 2.57. The van der Waals surface area contributed by atoms with Gasteiger partial charge in [0, 0.05) is 12.1 Å². The molecule has 0 atom stereocenters. The number of carbonyl (C=O) groups is 1. The van der Waals surface area contributed by atoms with E-state index in [0.29, 0.717) is 17.4 Å². The fraction of sp³-hybridized carbons (Fsp3) is 0.667. The van der Waals surface area contributed by atoms with Crippen LogP contribution in [0.3, 0.4) is 0 Å². The minimum absolute atomic E-state index is 0.0952. The molecule has 3 N–H and O–H groups in total. The van der Waals surface area contributed by atoms with Crippen molar-refractivity contribution >= 4 is 11.6 Å². The van der Waals surface area contributed by atoms with E-state index in [0.717, 1.165) is 11.8 Å². The summed E-state index contributed by atoms with van der Waals surface area (Å²) in [4.78, 5) is 30.0. The van der Waals surface area contributed by atoms with E-state index in [4.69, 9.17) is 5.73 Å². The van der Waals surface area contributed by atoms with Gasteiger partial charge in [0.25, 0.3) is 0 Å². The molecule has 5 rings (SSSR count). The molecule has 0 unspecified atom stereocenters. The van der Waals surface area contributed by atoms with Gasteiger partial charge in [0.1, 0.15) is 5.82 Å². The molecular formula is C15H19N3O2. The molecule has 4 aliphatic carbocycles. The minimum atomic E-state index is -0.496. The Balaban J connectivity index is 1.67. The van der Waals surface area contributed by atoms with E-state index < -0.39 is 5.69 Å².